The first-order valence-corrected chi connectivity index (χ1v) is 6.27. The number of hydrogen-bond donors (Lipinski definition) is 1. The molecule has 88 valence electrons. The van der Waals surface area contributed by atoms with Crippen LogP contribution in [0, 0.1) is 0 Å². The number of benzene rings is 1. The molecule has 2 N–H and O–H groups in total. The van der Waals surface area contributed by atoms with Crippen LogP contribution >= 0.6 is 23.2 Å². The van der Waals surface area contributed by atoms with E-state index in [0.29, 0.717) is 15.7 Å². The predicted octanol–water partition coefficient (Wildman–Crippen LogP) is 3.56. The maximum Gasteiger partial charge on any atom is 0.0693 e. The van der Waals surface area contributed by atoms with E-state index < -0.39 is 0 Å². The Balaban J connectivity index is 2.09. The molecule has 16 heavy (non-hydrogen) atoms. The third kappa shape index (κ3) is 2.45. The Hall–Kier alpha value is -0.440. The Morgan fingerprint density at radius 1 is 1.31 bits per heavy atom. The van der Waals surface area contributed by atoms with Gasteiger partial charge in [-0.2, -0.15) is 0 Å². The maximum absolute atomic E-state index is 6.00. The highest BCUT2D eigenvalue weighted by atomic mass is 35.5. The van der Waals surface area contributed by atoms with Gasteiger partial charge in [0.1, 0.15) is 0 Å². The molecule has 0 amide bonds. The van der Waals surface area contributed by atoms with Gasteiger partial charge in [0.2, 0.25) is 0 Å². The van der Waals surface area contributed by atoms with E-state index in [1.165, 1.54) is 19.3 Å². The molecular weight excluding hydrogens is 243 g/mol. The smallest absolute Gasteiger partial charge is 0.0693 e. The normalized spacial score (nSPS) is 16.5. The standard InChI is InChI=1S/C12H16Cl2N2/c1-16(9-3-2-4-9)7-8-5-10(13)12(15)11(14)6-8/h5-6,9H,2-4,7,15H2,1H3. The van der Waals surface area contributed by atoms with Gasteiger partial charge in [0, 0.05) is 12.6 Å². The first kappa shape index (κ1) is 12.0. The van der Waals surface area contributed by atoms with Crippen LogP contribution in [0.5, 0.6) is 0 Å². The molecule has 0 unspecified atom stereocenters. The van der Waals surface area contributed by atoms with E-state index in [1.54, 1.807) is 0 Å². The molecule has 0 radical (unpaired) electrons. The zero-order valence-corrected chi connectivity index (χ0v) is 10.9. The van der Waals surface area contributed by atoms with Crippen molar-refractivity contribution in [3.05, 3.63) is 27.7 Å². The summed E-state index contributed by atoms with van der Waals surface area (Å²) in [4.78, 5) is 2.35. The first-order valence-electron chi connectivity index (χ1n) is 5.51. The van der Waals surface area contributed by atoms with Crippen LogP contribution in [0.25, 0.3) is 0 Å². The van der Waals surface area contributed by atoms with Crippen LogP contribution in [0.15, 0.2) is 12.1 Å². The van der Waals surface area contributed by atoms with Crippen LogP contribution < -0.4 is 5.73 Å². The predicted molar refractivity (Wildman–Crippen MR) is 70.0 cm³/mol. The highest BCUT2D eigenvalue weighted by molar-refractivity contribution is 6.38. The molecule has 0 aromatic heterocycles. The summed E-state index contributed by atoms with van der Waals surface area (Å²) in [5, 5.41) is 1.09. The van der Waals surface area contributed by atoms with Gasteiger partial charge in [-0.05, 0) is 37.6 Å². The second-order valence-corrected chi connectivity index (χ2v) is 5.29. The number of nitrogens with two attached hydrogens (primary N) is 1. The summed E-state index contributed by atoms with van der Waals surface area (Å²) < 4.78 is 0. The third-order valence-corrected chi connectivity index (χ3v) is 3.89. The van der Waals surface area contributed by atoms with Crippen molar-refractivity contribution in [3.8, 4) is 0 Å². The van der Waals surface area contributed by atoms with E-state index in [4.69, 9.17) is 28.9 Å². The molecule has 2 nitrogen and oxygen atoms in total. The molecule has 1 saturated carbocycles. The quantitative estimate of drug-likeness (QED) is 0.841. The van der Waals surface area contributed by atoms with E-state index in [0.717, 1.165) is 18.2 Å². The van der Waals surface area contributed by atoms with E-state index in [9.17, 15) is 0 Å². The summed E-state index contributed by atoms with van der Waals surface area (Å²) in [6.07, 6.45) is 3.94. The van der Waals surface area contributed by atoms with Crippen LogP contribution in [-0.4, -0.2) is 18.0 Å². The van der Waals surface area contributed by atoms with Crippen molar-refractivity contribution >= 4 is 28.9 Å². The number of anilines is 1. The number of halogens is 2. The van der Waals surface area contributed by atoms with Crippen LogP contribution in [0.4, 0.5) is 5.69 Å². The average Bonchev–Trinajstić information content (AvgIpc) is 2.10. The topological polar surface area (TPSA) is 29.3 Å². The zero-order valence-electron chi connectivity index (χ0n) is 9.34. The Labute approximate surface area is 106 Å². The zero-order chi connectivity index (χ0) is 11.7. The molecule has 0 bridgehead atoms. The lowest BCUT2D eigenvalue weighted by molar-refractivity contribution is 0.152. The summed E-state index contributed by atoms with van der Waals surface area (Å²) in [5.74, 6) is 0. The number of hydrogen-bond acceptors (Lipinski definition) is 2. The summed E-state index contributed by atoms with van der Waals surface area (Å²) in [7, 11) is 2.14. The highest BCUT2D eigenvalue weighted by Crippen LogP contribution is 2.30. The van der Waals surface area contributed by atoms with Gasteiger partial charge in [-0.1, -0.05) is 29.6 Å². The molecule has 0 saturated heterocycles. The van der Waals surface area contributed by atoms with Crippen molar-refractivity contribution < 1.29 is 0 Å². The lowest BCUT2D eigenvalue weighted by atomic mass is 9.91. The van der Waals surface area contributed by atoms with E-state index in [1.807, 2.05) is 12.1 Å². The summed E-state index contributed by atoms with van der Waals surface area (Å²) >= 11 is 12.0. The minimum atomic E-state index is 0.471. The van der Waals surface area contributed by atoms with E-state index in [-0.39, 0.29) is 0 Å². The molecule has 4 heteroatoms. The largest absolute Gasteiger partial charge is 0.396 e. The molecule has 1 aromatic rings. The van der Waals surface area contributed by atoms with Gasteiger partial charge in [0.25, 0.3) is 0 Å². The Morgan fingerprint density at radius 2 is 1.88 bits per heavy atom. The lowest BCUT2D eigenvalue weighted by Crippen LogP contribution is -2.36. The minimum absolute atomic E-state index is 0.471. The van der Waals surface area contributed by atoms with Gasteiger partial charge >= 0.3 is 0 Å². The lowest BCUT2D eigenvalue weighted by Gasteiger charge is -2.34. The van der Waals surface area contributed by atoms with Crippen molar-refractivity contribution in [1.29, 1.82) is 0 Å². The van der Waals surface area contributed by atoms with Crippen LogP contribution in [-0.2, 0) is 6.54 Å². The summed E-state index contributed by atoms with van der Waals surface area (Å²) in [6.45, 7) is 0.879. The highest BCUT2D eigenvalue weighted by Gasteiger charge is 2.22. The summed E-state index contributed by atoms with van der Waals surface area (Å²) in [6, 6.07) is 4.52. The number of nitrogens with zero attached hydrogens (tertiary/aromatic N) is 1. The van der Waals surface area contributed by atoms with Crippen LogP contribution in [0.2, 0.25) is 10.0 Å². The second-order valence-electron chi connectivity index (χ2n) is 4.47. The van der Waals surface area contributed by atoms with Gasteiger partial charge in [0.15, 0.2) is 0 Å². The summed E-state index contributed by atoms with van der Waals surface area (Å²) in [5.41, 5.74) is 7.30. The average molecular weight is 259 g/mol. The molecule has 0 atom stereocenters. The molecule has 0 spiro atoms. The fourth-order valence-electron chi connectivity index (χ4n) is 1.97. The maximum atomic E-state index is 6.00. The van der Waals surface area contributed by atoms with Crippen molar-refractivity contribution in [2.24, 2.45) is 0 Å². The Bertz CT molecular complexity index is 366. The van der Waals surface area contributed by atoms with Crippen molar-refractivity contribution in [2.75, 3.05) is 12.8 Å². The van der Waals surface area contributed by atoms with Gasteiger partial charge in [0.05, 0.1) is 15.7 Å². The second kappa shape index (κ2) is 4.82. The minimum Gasteiger partial charge on any atom is -0.396 e. The number of nitrogen functional groups attached to an aromatic ring is 1. The van der Waals surface area contributed by atoms with Crippen molar-refractivity contribution in [2.45, 2.75) is 31.8 Å². The SMILES string of the molecule is CN(Cc1cc(Cl)c(N)c(Cl)c1)C1CCC1. The number of rotatable bonds is 3. The Morgan fingerprint density at radius 3 is 2.31 bits per heavy atom. The Kier molecular flexibility index (Phi) is 3.63. The van der Waals surface area contributed by atoms with Crippen LogP contribution in [0.1, 0.15) is 24.8 Å². The third-order valence-electron chi connectivity index (χ3n) is 3.27. The molecule has 1 aromatic carbocycles. The van der Waals surface area contributed by atoms with Crippen molar-refractivity contribution in [1.82, 2.24) is 4.90 Å². The fourth-order valence-corrected chi connectivity index (χ4v) is 2.50. The van der Waals surface area contributed by atoms with E-state index >= 15 is 0 Å². The molecule has 1 aliphatic rings. The van der Waals surface area contributed by atoms with Crippen LogP contribution in [0.3, 0.4) is 0 Å². The van der Waals surface area contributed by atoms with Crippen molar-refractivity contribution in [3.63, 3.8) is 0 Å². The van der Waals surface area contributed by atoms with Gasteiger partial charge < -0.3 is 5.73 Å². The molecule has 1 aliphatic carbocycles. The van der Waals surface area contributed by atoms with Gasteiger partial charge in [-0.15, -0.1) is 0 Å². The molecule has 1 fully saturated rings. The van der Waals surface area contributed by atoms with E-state index in [2.05, 4.69) is 11.9 Å². The molecular formula is C12H16Cl2N2. The molecule has 0 heterocycles. The van der Waals surface area contributed by atoms with Gasteiger partial charge in [-0.3, -0.25) is 4.90 Å². The molecule has 2 rings (SSSR count). The first-order chi connectivity index (χ1) is 7.58. The molecule has 0 aliphatic heterocycles. The fraction of sp³-hybridized carbons (Fsp3) is 0.500. The monoisotopic (exact) mass is 258 g/mol. The van der Waals surface area contributed by atoms with Gasteiger partial charge in [-0.25, -0.2) is 0 Å².